The van der Waals surface area contributed by atoms with Gasteiger partial charge in [0.15, 0.2) is 11.5 Å². The number of halogens is 1. The van der Waals surface area contributed by atoms with Crippen LogP contribution < -0.4 is 9.47 Å². The highest BCUT2D eigenvalue weighted by atomic mass is 35.5. The number of nitriles is 1. The van der Waals surface area contributed by atoms with Gasteiger partial charge in [-0.25, -0.2) is 0 Å². The van der Waals surface area contributed by atoms with E-state index in [1.54, 1.807) is 12.1 Å². The normalized spacial score (nSPS) is 10.4. The summed E-state index contributed by atoms with van der Waals surface area (Å²) in [5.41, 5.74) is 1.51. The lowest BCUT2D eigenvalue weighted by Crippen LogP contribution is -2.01. The van der Waals surface area contributed by atoms with Crippen LogP contribution in [0.2, 0.25) is 5.02 Å². The van der Waals surface area contributed by atoms with E-state index in [4.69, 9.17) is 26.3 Å². The van der Waals surface area contributed by atoms with E-state index in [1.807, 2.05) is 31.2 Å². The van der Waals surface area contributed by atoms with Crippen LogP contribution in [-0.2, 0) is 6.61 Å². The van der Waals surface area contributed by atoms with Crippen molar-refractivity contribution in [3.05, 3.63) is 70.7 Å². The van der Waals surface area contributed by atoms with E-state index < -0.39 is 0 Å². The van der Waals surface area contributed by atoms with Crippen molar-refractivity contribution in [1.82, 2.24) is 0 Å². The molecule has 0 amide bonds. The summed E-state index contributed by atoms with van der Waals surface area (Å²) in [5, 5.41) is 11.7. The molecule has 120 valence electrons. The van der Waals surface area contributed by atoms with Crippen LogP contribution in [0.1, 0.15) is 18.1 Å². The predicted molar refractivity (Wildman–Crippen MR) is 95.6 cm³/mol. The maximum atomic E-state index is 9.07. The average molecular weight is 338 g/mol. The van der Waals surface area contributed by atoms with Crippen molar-refractivity contribution in [1.29, 1.82) is 5.26 Å². The van der Waals surface area contributed by atoms with Gasteiger partial charge >= 0.3 is 0 Å². The SMILES string of the molecule is CCOc1cc(C#N)cc(Cl)c1OCc1cccc2ccccc12. The third-order valence-electron chi connectivity index (χ3n) is 3.69. The molecule has 0 spiro atoms. The number of nitrogens with zero attached hydrogens (tertiary/aromatic N) is 1. The van der Waals surface area contributed by atoms with Gasteiger partial charge in [-0.3, -0.25) is 0 Å². The summed E-state index contributed by atoms with van der Waals surface area (Å²) < 4.78 is 11.5. The van der Waals surface area contributed by atoms with E-state index in [-0.39, 0.29) is 0 Å². The molecule has 0 aliphatic carbocycles. The maximum Gasteiger partial charge on any atom is 0.180 e. The highest BCUT2D eigenvalue weighted by molar-refractivity contribution is 6.32. The quantitative estimate of drug-likeness (QED) is 0.630. The molecule has 3 aromatic carbocycles. The van der Waals surface area contributed by atoms with Crippen LogP contribution in [0.3, 0.4) is 0 Å². The summed E-state index contributed by atoms with van der Waals surface area (Å²) in [6, 6.07) is 19.6. The van der Waals surface area contributed by atoms with Crippen LogP contribution in [0, 0.1) is 11.3 Å². The first-order chi connectivity index (χ1) is 11.7. The van der Waals surface area contributed by atoms with E-state index >= 15 is 0 Å². The standard InChI is InChI=1S/C20H16ClNO2/c1-2-23-19-11-14(12-22)10-18(21)20(19)24-13-16-8-5-7-15-6-3-4-9-17(15)16/h3-11H,2,13H2,1H3. The first kappa shape index (κ1) is 16.2. The third-order valence-corrected chi connectivity index (χ3v) is 3.97. The molecule has 0 aliphatic rings. The lowest BCUT2D eigenvalue weighted by atomic mass is 10.1. The van der Waals surface area contributed by atoms with Crippen molar-refractivity contribution in [2.75, 3.05) is 6.61 Å². The van der Waals surface area contributed by atoms with E-state index in [0.29, 0.717) is 35.3 Å². The lowest BCUT2D eigenvalue weighted by Gasteiger charge is -2.15. The molecule has 0 unspecified atom stereocenters. The molecule has 0 aliphatic heterocycles. The third kappa shape index (κ3) is 3.29. The minimum absolute atomic E-state index is 0.368. The second kappa shape index (κ2) is 7.25. The molecular weight excluding hydrogens is 322 g/mol. The molecule has 3 aromatic rings. The van der Waals surface area contributed by atoms with Crippen molar-refractivity contribution in [3.63, 3.8) is 0 Å². The summed E-state index contributed by atoms with van der Waals surface area (Å²) in [6.07, 6.45) is 0. The lowest BCUT2D eigenvalue weighted by molar-refractivity contribution is 0.270. The van der Waals surface area contributed by atoms with Gasteiger partial charge in [0.25, 0.3) is 0 Å². The zero-order valence-electron chi connectivity index (χ0n) is 13.3. The summed E-state index contributed by atoms with van der Waals surface area (Å²) in [6.45, 7) is 2.71. The molecule has 24 heavy (non-hydrogen) atoms. The van der Waals surface area contributed by atoms with Gasteiger partial charge in [-0.2, -0.15) is 5.26 Å². The van der Waals surface area contributed by atoms with Crippen LogP contribution in [0.25, 0.3) is 10.8 Å². The average Bonchev–Trinajstić information content (AvgIpc) is 2.61. The fourth-order valence-electron chi connectivity index (χ4n) is 2.60. The molecule has 0 fully saturated rings. The van der Waals surface area contributed by atoms with Crippen LogP contribution in [0.4, 0.5) is 0 Å². The van der Waals surface area contributed by atoms with Crippen LogP contribution in [-0.4, -0.2) is 6.61 Å². The van der Waals surface area contributed by atoms with Crippen LogP contribution >= 0.6 is 11.6 Å². The summed E-state index contributed by atoms with van der Waals surface area (Å²) in [4.78, 5) is 0. The van der Waals surface area contributed by atoms with Gasteiger partial charge in [0.1, 0.15) is 6.61 Å². The Kier molecular flexibility index (Phi) is 4.88. The Balaban J connectivity index is 1.92. The minimum Gasteiger partial charge on any atom is -0.490 e. The van der Waals surface area contributed by atoms with Gasteiger partial charge in [0.2, 0.25) is 0 Å². The molecule has 0 radical (unpaired) electrons. The number of fused-ring (bicyclic) bond motifs is 1. The van der Waals surface area contributed by atoms with E-state index in [0.717, 1.165) is 16.3 Å². The van der Waals surface area contributed by atoms with E-state index in [1.165, 1.54) is 0 Å². The Bertz CT molecular complexity index is 910. The minimum atomic E-state index is 0.368. The molecule has 0 aromatic heterocycles. The molecule has 3 nitrogen and oxygen atoms in total. The number of hydrogen-bond donors (Lipinski definition) is 0. The van der Waals surface area contributed by atoms with Crippen molar-refractivity contribution < 1.29 is 9.47 Å². The van der Waals surface area contributed by atoms with Crippen LogP contribution in [0.5, 0.6) is 11.5 Å². The summed E-state index contributed by atoms with van der Waals surface area (Å²) in [7, 11) is 0. The van der Waals surface area contributed by atoms with Crippen molar-refractivity contribution in [3.8, 4) is 17.6 Å². The summed E-state index contributed by atoms with van der Waals surface area (Å²) in [5.74, 6) is 0.951. The van der Waals surface area contributed by atoms with Gasteiger partial charge in [0.05, 0.1) is 23.3 Å². The highest BCUT2D eigenvalue weighted by Crippen LogP contribution is 2.37. The van der Waals surface area contributed by atoms with Gasteiger partial charge < -0.3 is 9.47 Å². The Morgan fingerprint density at radius 1 is 1.04 bits per heavy atom. The topological polar surface area (TPSA) is 42.2 Å². The van der Waals surface area contributed by atoms with Gasteiger partial charge in [-0.1, -0.05) is 54.1 Å². The first-order valence-electron chi connectivity index (χ1n) is 7.68. The molecule has 4 heteroatoms. The molecule has 0 atom stereocenters. The first-order valence-corrected chi connectivity index (χ1v) is 8.06. The zero-order valence-corrected chi connectivity index (χ0v) is 14.0. The molecule has 0 saturated heterocycles. The fourth-order valence-corrected chi connectivity index (χ4v) is 2.87. The van der Waals surface area contributed by atoms with E-state index in [2.05, 4.69) is 24.3 Å². The fraction of sp³-hybridized carbons (Fsp3) is 0.150. The monoisotopic (exact) mass is 337 g/mol. The smallest absolute Gasteiger partial charge is 0.180 e. The number of hydrogen-bond acceptors (Lipinski definition) is 3. The molecule has 0 N–H and O–H groups in total. The predicted octanol–water partition coefficient (Wildman–Crippen LogP) is 5.34. The van der Waals surface area contributed by atoms with Crippen molar-refractivity contribution in [2.45, 2.75) is 13.5 Å². The molecular formula is C20H16ClNO2. The Hall–Kier alpha value is -2.70. The number of benzene rings is 3. The second-order valence-corrected chi connectivity index (χ2v) is 5.66. The Morgan fingerprint density at radius 2 is 1.83 bits per heavy atom. The molecule has 0 heterocycles. The van der Waals surface area contributed by atoms with Gasteiger partial charge in [-0.15, -0.1) is 0 Å². The zero-order chi connectivity index (χ0) is 16.9. The van der Waals surface area contributed by atoms with E-state index in [9.17, 15) is 0 Å². The Labute approximate surface area is 146 Å². The molecule has 0 saturated carbocycles. The van der Waals surface area contributed by atoms with Crippen molar-refractivity contribution >= 4 is 22.4 Å². The second-order valence-electron chi connectivity index (χ2n) is 5.26. The highest BCUT2D eigenvalue weighted by Gasteiger charge is 2.13. The molecule has 3 rings (SSSR count). The number of ether oxygens (including phenoxy) is 2. The Morgan fingerprint density at radius 3 is 2.62 bits per heavy atom. The molecule has 0 bridgehead atoms. The van der Waals surface area contributed by atoms with Crippen LogP contribution in [0.15, 0.2) is 54.6 Å². The van der Waals surface area contributed by atoms with Crippen molar-refractivity contribution in [2.24, 2.45) is 0 Å². The summed E-state index contributed by atoms with van der Waals surface area (Å²) >= 11 is 6.28. The maximum absolute atomic E-state index is 9.07. The van der Waals surface area contributed by atoms with Gasteiger partial charge in [-0.05, 0) is 29.3 Å². The largest absolute Gasteiger partial charge is 0.490 e. The number of rotatable bonds is 5. The van der Waals surface area contributed by atoms with Gasteiger partial charge in [0, 0.05) is 6.07 Å².